The lowest BCUT2D eigenvalue weighted by molar-refractivity contribution is 0.174. The number of ether oxygens (including phenoxy) is 2. The van der Waals surface area contributed by atoms with Crippen molar-refractivity contribution in [2.24, 2.45) is 0 Å². The normalized spacial score (nSPS) is 18.5. The van der Waals surface area contributed by atoms with Crippen LogP contribution in [0.2, 0.25) is 5.02 Å². The molecule has 6 rings (SSSR count). The maximum atomic E-state index is 6.45. The van der Waals surface area contributed by atoms with Crippen molar-refractivity contribution in [2.75, 3.05) is 19.9 Å². The Morgan fingerprint density at radius 2 is 1.94 bits per heavy atom. The lowest BCUT2D eigenvalue weighted by Gasteiger charge is -2.30. The Labute approximate surface area is 189 Å². The number of nitrogens with zero attached hydrogens (tertiary/aromatic N) is 3. The van der Waals surface area contributed by atoms with Crippen LogP contribution in [0.1, 0.15) is 36.1 Å². The highest BCUT2D eigenvalue weighted by Crippen LogP contribution is 2.41. The zero-order chi connectivity index (χ0) is 21.7. The lowest BCUT2D eigenvalue weighted by Crippen LogP contribution is -2.34. The van der Waals surface area contributed by atoms with Gasteiger partial charge in [-0.2, -0.15) is 0 Å². The molecule has 8 heteroatoms. The molecule has 0 unspecified atom stereocenters. The van der Waals surface area contributed by atoms with Crippen molar-refractivity contribution < 1.29 is 18.3 Å². The average molecular weight is 452 g/mol. The van der Waals surface area contributed by atoms with Gasteiger partial charge in [0.25, 0.3) is 0 Å². The molecule has 4 heterocycles. The molecule has 2 aliphatic rings. The van der Waals surface area contributed by atoms with Crippen LogP contribution in [0.5, 0.6) is 11.5 Å². The summed E-state index contributed by atoms with van der Waals surface area (Å²) in [6, 6.07) is 11.5. The monoisotopic (exact) mass is 451 g/mol. The van der Waals surface area contributed by atoms with E-state index in [9.17, 15) is 0 Å². The molecule has 32 heavy (non-hydrogen) atoms. The largest absolute Gasteiger partial charge is 0.454 e. The van der Waals surface area contributed by atoms with E-state index in [1.54, 1.807) is 6.07 Å². The number of piperidine rings is 1. The van der Waals surface area contributed by atoms with Gasteiger partial charge < -0.3 is 18.3 Å². The van der Waals surface area contributed by atoms with Crippen LogP contribution in [-0.2, 0) is 6.54 Å². The number of hydrogen-bond acceptors (Lipinski definition) is 7. The topological polar surface area (TPSA) is 73.8 Å². The Hall–Kier alpha value is -3.03. The summed E-state index contributed by atoms with van der Waals surface area (Å²) >= 11 is 6.45. The molecule has 0 bridgehead atoms. The Morgan fingerprint density at radius 3 is 2.81 bits per heavy atom. The zero-order valence-electron chi connectivity index (χ0n) is 17.6. The van der Waals surface area contributed by atoms with E-state index >= 15 is 0 Å². The maximum Gasteiger partial charge on any atom is 0.231 e. The third-order valence-electron chi connectivity index (χ3n) is 6.12. The third-order valence-corrected chi connectivity index (χ3v) is 6.44. The summed E-state index contributed by atoms with van der Waals surface area (Å²) in [6.45, 7) is 4.72. The van der Waals surface area contributed by atoms with Crippen molar-refractivity contribution in [2.45, 2.75) is 32.2 Å². The Kier molecular flexibility index (Phi) is 4.81. The maximum absolute atomic E-state index is 6.45. The molecule has 164 valence electrons. The summed E-state index contributed by atoms with van der Waals surface area (Å²) in [5.41, 5.74) is 3.37. The summed E-state index contributed by atoms with van der Waals surface area (Å²) in [4.78, 5) is 11.9. The molecule has 1 atom stereocenters. The molecule has 0 saturated carbocycles. The second-order valence-electron chi connectivity index (χ2n) is 8.30. The fourth-order valence-electron chi connectivity index (χ4n) is 4.45. The van der Waals surface area contributed by atoms with Crippen molar-refractivity contribution in [1.82, 2.24) is 14.9 Å². The van der Waals surface area contributed by atoms with Crippen molar-refractivity contribution >= 4 is 22.7 Å². The summed E-state index contributed by atoms with van der Waals surface area (Å²) in [6.07, 6.45) is 2.15. The number of halogens is 1. The molecule has 4 aromatic rings. The molecule has 0 amide bonds. The van der Waals surface area contributed by atoms with Crippen molar-refractivity contribution in [3.05, 3.63) is 58.8 Å². The Bertz CT molecular complexity index is 1260. The smallest absolute Gasteiger partial charge is 0.231 e. The van der Waals surface area contributed by atoms with Crippen LogP contribution >= 0.6 is 11.6 Å². The minimum Gasteiger partial charge on any atom is -0.454 e. The van der Waals surface area contributed by atoms with Crippen LogP contribution < -0.4 is 9.47 Å². The van der Waals surface area contributed by atoms with Crippen LogP contribution in [0.25, 0.3) is 22.6 Å². The fourth-order valence-corrected chi connectivity index (χ4v) is 4.68. The summed E-state index contributed by atoms with van der Waals surface area (Å²) < 4.78 is 22.9. The highest BCUT2D eigenvalue weighted by molar-refractivity contribution is 6.33. The quantitative estimate of drug-likeness (QED) is 0.402. The van der Waals surface area contributed by atoms with Gasteiger partial charge in [0.15, 0.2) is 23.0 Å². The Morgan fingerprint density at radius 1 is 1.09 bits per heavy atom. The first-order valence-corrected chi connectivity index (χ1v) is 11.2. The number of benzene rings is 2. The summed E-state index contributed by atoms with van der Waals surface area (Å²) in [7, 11) is 0. The number of oxazole rings is 2. The van der Waals surface area contributed by atoms with Crippen LogP contribution in [-0.4, -0.2) is 34.8 Å². The van der Waals surface area contributed by atoms with Gasteiger partial charge in [-0.3, -0.25) is 4.90 Å². The molecule has 1 fully saturated rings. The number of aryl methyl sites for hydroxylation is 1. The molecule has 0 spiro atoms. The summed E-state index contributed by atoms with van der Waals surface area (Å²) in [5, 5.41) is 0.524. The molecule has 0 radical (unpaired) electrons. The van der Waals surface area contributed by atoms with E-state index in [1.165, 1.54) is 0 Å². The van der Waals surface area contributed by atoms with Gasteiger partial charge in [0.2, 0.25) is 12.7 Å². The molecule has 2 aromatic heterocycles. The van der Waals surface area contributed by atoms with Crippen LogP contribution in [0.3, 0.4) is 0 Å². The van der Waals surface area contributed by atoms with Gasteiger partial charge in [-0.05, 0) is 44.5 Å². The fraction of sp³-hybridized carbons (Fsp3) is 0.333. The van der Waals surface area contributed by atoms with E-state index in [0.717, 1.165) is 54.4 Å². The highest BCUT2D eigenvalue weighted by atomic mass is 35.5. The van der Waals surface area contributed by atoms with Gasteiger partial charge in [0, 0.05) is 25.1 Å². The van der Waals surface area contributed by atoms with E-state index in [2.05, 4.69) is 4.90 Å². The molecule has 0 aliphatic carbocycles. The first-order valence-electron chi connectivity index (χ1n) is 10.8. The standard InChI is InChI=1S/C24H22ClN3O4/c1-14-19(27-24(31-14)16-9-21-22(10-17(16)25)30-13-29-21)12-28-8-4-5-15(11-28)23-26-18-6-2-3-7-20(18)32-23/h2-3,6-7,9-10,15H,4-5,8,11-13H2,1H3/t15-/m0/s1. The van der Waals surface area contributed by atoms with E-state index in [-0.39, 0.29) is 12.7 Å². The predicted molar refractivity (Wildman–Crippen MR) is 119 cm³/mol. The van der Waals surface area contributed by atoms with E-state index in [4.69, 9.17) is 39.9 Å². The second-order valence-corrected chi connectivity index (χ2v) is 8.71. The van der Waals surface area contributed by atoms with Gasteiger partial charge in [0.05, 0.1) is 16.3 Å². The summed E-state index contributed by atoms with van der Waals surface area (Å²) in [5.74, 6) is 3.66. The van der Waals surface area contributed by atoms with Crippen molar-refractivity contribution in [1.29, 1.82) is 0 Å². The van der Waals surface area contributed by atoms with Gasteiger partial charge in [-0.15, -0.1) is 0 Å². The Balaban J connectivity index is 1.21. The van der Waals surface area contributed by atoms with Crippen molar-refractivity contribution in [3.63, 3.8) is 0 Å². The highest BCUT2D eigenvalue weighted by Gasteiger charge is 2.27. The minimum atomic E-state index is 0.196. The minimum absolute atomic E-state index is 0.196. The van der Waals surface area contributed by atoms with Gasteiger partial charge in [-0.25, -0.2) is 9.97 Å². The number of likely N-dealkylation sites (tertiary alicyclic amines) is 1. The van der Waals surface area contributed by atoms with E-state index in [0.29, 0.717) is 34.5 Å². The molecule has 7 nitrogen and oxygen atoms in total. The number of aromatic nitrogens is 2. The van der Waals surface area contributed by atoms with E-state index < -0.39 is 0 Å². The number of para-hydroxylation sites is 2. The number of hydrogen-bond donors (Lipinski definition) is 0. The first-order chi connectivity index (χ1) is 15.6. The van der Waals surface area contributed by atoms with Gasteiger partial charge in [0.1, 0.15) is 11.3 Å². The molecule has 2 aromatic carbocycles. The number of fused-ring (bicyclic) bond motifs is 2. The van der Waals surface area contributed by atoms with Gasteiger partial charge in [-0.1, -0.05) is 23.7 Å². The molecule has 2 aliphatic heterocycles. The van der Waals surface area contributed by atoms with Crippen LogP contribution in [0, 0.1) is 6.92 Å². The number of rotatable bonds is 4. The SMILES string of the molecule is Cc1oc(-c2cc3c(cc2Cl)OCO3)nc1CN1CCC[C@H](c2nc3ccccc3o2)C1. The molecular formula is C24H22ClN3O4. The molecule has 0 N–H and O–H groups in total. The van der Waals surface area contributed by atoms with E-state index in [1.807, 2.05) is 37.3 Å². The average Bonchev–Trinajstić information content (AvgIpc) is 3.51. The molecule has 1 saturated heterocycles. The van der Waals surface area contributed by atoms with Crippen molar-refractivity contribution in [3.8, 4) is 23.0 Å². The molecular weight excluding hydrogens is 430 g/mol. The predicted octanol–water partition coefficient (Wildman–Crippen LogP) is 5.55. The van der Waals surface area contributed by atoms with Gasteiger partial charge >= 0.3 is 0 Å². The lowest BCUT2D eigenvalue weighted by atomic mass is 9.98. The zero-order valence-corrected chi connectivity index (χ0v) is 18.4. The van der Waals surface area contributed by atoms with Crippen LogP contribution in [0.4, 0.5) is 0 Å². The van der Waals surface area contributed by atoms with Crippen LogP contribution in [0.15, 0.2) is 45.2 Å². The second kappa shape index (κ2) is 7.83. The third kappa shape index (κ3) is 3.51. The first kappa shape index (κ1) is 19.6.